The number of nitrogens with zero attached hydrogens (tertiary/aromatic N) is 8. The summed E-state index contributed by atoms with van der Waals surface area (Å²) in [5.41, 5.74) is 16.2. The molecule has 5 atom stereocenters. The molecule has 0 aliphatic carbocycles. The summed E-state index contributed by atoms with van der Waals surface area (Å²) in [5.74, 6) is -5.48. The zero-order valence-corrected chi connectivity index (χ0v) is 67.8. The summed E-state index contributed by atoms with van der Waals surface area (Å²) in [6.07, 6.45) is -1.21. The number of amides is 5. The summed E-state index contributed by atoms with van der Waals surface area (Å²) < 4.78 is 153. The van der Waals surface area contributed by atoms with E-state index in [1.807, 2.05) is 21.6 Å². The molecule has 25 nitrogen and oxygen atoms in total. The Labute approximate surface area is 687 Å². The van der Waals surface area contributed by atoms with E-state index < -0.39 is 76.2 Å². The number of nitrogens with one attached hydrogen (secondary N) is 7. The fraction of sp³-hybridized carbons (Fsp3) is 0.487. The molecule has 0 unspecified atom stereocenters. The topological polar surface area (TPSA) is 343 Å². The van der Waals surface area contributed by atoms with Gasteiger partial charge in [-0.25, -0.2) is 22.0 Å². The number of nitrogens with two attached hydrogens (primary N) is 3. The number of piperidine rings is 5. The van der Waals surface area contributed by atoms with E-state index >= 15 is 0 Å². The normalized spacial score (nSPS) is 18.6. The number of methoxy groups -OCH3 is 1. The minimum absolute atomic E-state index is 0.0134. The second kappa shape index (κ2) is 46.2. The number of guanidine groups is 3. The van der Waals surface area contributed by atoms with Crippen molar-refractivity contribution in [1.82, 2.24) is 24.5 Å². The average molecular weight is 1720 g/mol. The number of carbonyl (C=O) groups excluding carboxylic acids is 5. The van der Waals surface area contributed by atoms with Crippen molar-refractivity contribution < 1.29 is 81.7 Å². The van der Waals surface area contributed by atoms with Crippen LogP contribution in [0.4, 0.5) is 76.7 Å². The van der Waals surface area contributed by atoms with E-state index in [-0.39, 0.29) is 87.1 Å². The largest absolute Gasteiger partial charge is 0.469 e. The van der Waals surface area contributed by atoms with Gasteiger partial charge in [-0.05, 0) is 174 Å². The first kappa shape index (κ1) is 95.7. The molecule has 0 radical (unpaired) electrons. The molecule has 5 saturated heterocycles. The Balaban J connectivity index is 0.000000227. The van der Waals surface area contributed by atoms with Crippen molar-refractivity contribution in [2.24, 2.45) is 67.7 Å². The lowest BCUT2D eigenvalue weighted by Crippen LogP contribution is -2.47. The van der Waals surface area contributed by atoms with Crippen LogP contribution in [-0.4, -0.2) is 183 Å². The Kier molecular flexibility index (Phi) is 37.8. The zero-order chi connectivity index (χ0) is 86.4. The Bertz CT molecular complexity index is 4300. The maximum Gasteiger partial charge on any atom is 0.419 e. The van der Waals surface area contributed by atoms with Gasteiger partial charge in [0.25, 0.3) is 12.0 Å². The summed E-state index contributed by atoms with van der Waals surface area (Å²) in [7, 11) is 2.98. The number of anilines is 5. The Morgan fingerprint density at radius 1 is 0.462 bits per heavy atom. The van der Waals surface area contributed by atoms with E-state index in [1.165, 1.54) is 43.5 Å². The Morgan fingerprint density at radius 3 is 1.02 bits per heavy atom. The highest BCUT2D eigenvalue weighted by atomic mass is 35.5. The number of amidine groups is 2. The third kappa shape index (κ3) is 30.7. The molecular formula is C78H100Cl3F11N18O7. The quantitative estimate of drug-likeness (QED) is 0.0265. The van der Waals surface area contributed by atoms with Gasteiger partial charge in [0.15, 0.2) is 17.9 Å². The SMILES string of the molecule is CC(C)CN=C(N)N1CCC[C@H](C(=O)Nc2ccc(Cl)c(F)c2)C1.CCCN=C(N)N1CCC[C@H](C(=O)Nc2ccc(Cl)c(F)c2)C1.CCOC(=N)N1CCC[C@H](C(=O)Nc2ccc(C(F)(F)F)c(F)c2)C1.CN=C(N)N1CCC[C@H](C(=O)Nc2ccc(Cl)c(F)c2)C1.COC(=N)N1CCC[C@H](C(=O)Nc2ccc(C(F)(F)F)c(F)c2)C1. The first-order valence-electron chi connectivity index (χ1n) is 37.9. The summed E-state index contributed by atoms with van der Waals surface area (Å²) >= 11 is 16.9. The lowest BCUT2D eigenvalue weighted by molar-refractivity contribution is -0.140. The van der Waals surface area contributed by atoms with Gasteiger partial charge in [0.1, 0.15) is 29.1 Å². The number of alkyl halides is 6. The van der Waals surface area contributed by atoms with Gasteiger partial charge in [0.05, 0.1) is 69.5 Å². The van der Waals surface area contributed by atoms with Crippen LogP contribution in [0.15, 0.2) is 106 Å². The summed E-state index contributed by atoms with van der Waals surface area (Å²) in [4.78, 5) is 83.1. The van der Waals surface area contributed by atoms with Crippen LogP contribution >= 0.6 is 34.8 Å². The number of hydrogen-bond donors (Lipinski definition) is 10. The van der Waals surface area contributed by atoms with Crippen LogP contribution in [-0.2, 0) is 45.8 Å². The fourth-order valence-electron chi connectivity index (χ4n) is 12.7. The molecule has 5 aliphatic rings. The smallest absolute Gasteiger partial charge is 0.419 e. The molecular weight excluding hydrogens is 1620 g/mol. The van der Waals surface area contributed by atoms with Gasteiger partial charge in [0.2, 0.25) is 29.5 Å². The van der Waals surface area contributed by atoms with E-state index in [4.69, 9.17) is 72.3 Å². The molecule has 0 aromatic heterocycles. The van der Waals surface area contributed by atoms with Gasteiger partial charge < -0.3 is 77.8 Å². The van der Waals surface area contributed by atoms with Crippen molar-refractivity contribution >= 4 is 123 Å². The number of halogens is 14. The lowest BCUT2D eigenvalue weighted by atomic mass is 9.97. The minimum atomic E-state index is -4.78. The van der Waals surface area contributed by atoms with Crippen LogP contribution in [0, 0.1) is 75.4 Å². The van der Waals surface area contributed by atoms with Crippen molar-refractivity contribution in [1.29, 1.82) is 10.8 Å². The van der Waals surface area contributed by atoms with E-state index in [2.05, 4.69) is 55.4 Å². The third-order valence-electron chi connectivity index (χ3n) is 19.0. The van der Waals surface area contributed by atoms with Gasteiger partial charge in [-0.15, -0.1) is 0 Å². The maximum atomic E-state index is 13.6. The molecule has 13 N–H and O–H groups in total. The predicted octanol–water partition coefficient (Wildman–Crippen LogP) is 14.6. The van der Waals surface area contributed by atoms with E-state index in [0.717, 1.165) is 76.7 Å². The van der Waals surface area contributed by atoms with Crippen LogP contribution in [0.3, 0.4) is 0 Å². The van der Waals surface area contributed by atoms with Crippen molar-refractivity contribution in [2.45, 2.75) is 111 Å². The van der Waals surface area contributed by atoms with Crippen molar-refractivity contribution in [3.63, 3.8) is 0 Å². The molecule has 5 aliphatic heterocycles. The van der Waals surface area contributed by atoms with Crippen LogP contribution in [0.25, 0.3) is 0 Å². The molecule has 0 spiro atoms. The molecule has 39 heteroatoms. The van der Waals surface area contributed by atoms with Gasteiger partial charge in [-0.1, -0.05) is 55.6 Å². The Hall–Kier alpha value is -10.1. The second-order valence-corrected chi connectivity index (χ2v) is 29.5. The maximum absolute atomic E-state index is 13.6. The van der Waals surface area contributed by atoms with E-state index in [0.29, 0.717) is 143 Å². The predicted molar refractivity (Wildman–Crippen MR) is 431 cm³/mol. The van der Waals surface area contributed by atoms with E-state index in [1.54, 1.807) is 42.0 Å². The first-order valence-corrected chi connectivity index (χ1v) is 39.0. The highest BCUT2D eigenvalue weighted by molar-refractivity contribution is 6.31. The second-order valence-electron chi connectivity index (χ2n) is 28.3. The van der Waals surface area contributed by atoms with Crippen molar-refractivity contribution in [2.75, 3.05) is 126 Å². The number of likely N-dealkylation sites (tertiary alicyclic amines) is 5. The van der Waals surface area contributed by atoms with Crippen LogP contribution in [0.2, 0.25) is 15.1 Å². The summed E-state index contributed by atoms with van der Waals surface area (Å²) in [6, 6.07) is 17.1. The molecule has 5 aromatic rings. The monoisotopic (exact) mass is 1710 g/mol. The van der Waals surface area contributed by atoms with Crippen LogP contribution in [0.5, 0.6) is 0 Å². The average Bonchev–Trinajstić information content (AvgIpc) is 0.819. The molecule has 5 fully saturated rings. The van der Waals surface area contributed by atoms with Crippen molar-refractivity contribution in [3.05, 3.63) is 146 Å². The molecule has 0 saturated carbocycles. The van der Waals surface area contributed by atoms with Gasteiger partial charge in [0, 0.05) is 114 Å². The zero-order valence-electron chi connectivity index (χ0n) is 65.6. The molecule has 5 heterocycles. The molecule has 5 amide bonds. The number of ether oxygens (including phenoxy) is 2. The number of rotatable bonds is 15. The first-order chi connectivity index (χ1) is 55.3. The highest BCUT2D eigenvalue weighted by Gasteiger charge is 2.37. The van der Waals surface area contributed by atoms with Crippen LogP contribution < -0.4 is 43.8 Å². The molecule has 0 bridgehead atoms. The van der Waals surface area contributed by atoms with Gasteiger partial charge in [-0.2, -0.15) is 26.3 Å². The standard InChI is InChI=1S/C17H24ClFN4O.C16H22ClFN4O.C16H19F4N3O2.C15H17F4N3O2.C14H18ClFN4O/c1-11(2)9-21-17(20)23-7-3-4-12(10-23)16(24)22-13-5-6-14(18)15(19)8-13;1-2-7-20-16(19)22-8-3-4-11(10-22)15(23)21-12-5-6-13(17)14(18)9-12;1-2-25-15(21)23-7-3-4-10(9-23)14(24)22-11-5-6-12(13(17)8-11)16(18,19)20;1-24-14(20)22-6-2-3-9(8-22)13(23)21-10-4-5-11(12(16)7-10)15(17,18)19;1-18-14(17)20-6-2-3-9(8-20)13(21)19-10-4-5-11(15)12(16)7-10/h5-6,8,11-12H,3-4,7,9-10H2,1-2H3,(H2,20,21)(H,22,24);5-6,9,11H,2-4,7-8,10H2,1H3,(H2,19,20)(H,21,23);5-6,8,10,21H,2-4,7,9H2,1H3,(H,22,24);4-5,7,9,20H,2-3,6,8H2,1H3,(H,21,23);4-5,7,9H,2-3,6,8H2,1H3,(H2,17,18)(H,19,21)/t12-;11-;10-;2*9-/m00000/s1. The molecule has 642 valence electrons. The fourth-order valence-corrected chi connectivity index (χ4v) is 13.1. The van der Waals surface area contributed by atoms with Crippen molar-refractivity contribution in [3.8, 4) is 0 Å². The highest BCUT2D eigenvalue weighted by Crippen LogP contribution is 2.35. The Morgan fingerprint density at radius 2 is 0.744 bits per heavy atom. The number of hydrogen-bond acceptors (Lipinski definition) is 12. The third-order valence-corrected chi connectivity index (χ3v) is 19.9. The van der Waals surface area contributed by atoms with Crippen LogP contribution in [0.1, 0.15) is 109 Å². The molecule has 117 heavy (non-hydrogen) atoms. The van der Waals surface area contributed by atoms with Gasteiger partial charge in [-0.3, -0.25) is 49.8 Å². The number of benzene rings is 5. The van der Waals surface area contributed by atoms with E-state index in [9.17, 15) is 72.3 Å². The minimum Gasteiger partial charge on any atom is -0.469 e. The summed E-state index contributed by atoms with van der Waals surface area (Å²) in [6.45, 7) is 15.3. The summed E-state index contributed by atoms with van der Waals surface area (Å²) in [5, 5.41) is 28.5. The number of aliphatic imine (C=N–C) groups is 3. The van der Waals surface area contributed by atoms with Gasteiger partial charge >= 0.3 is 12.4 Å². The number of carbonyl (C=O) groups is 5. The lowest BCUT2D eigenvalue weighted by Gasteiger charge is -2.32. The molecule has 10 rings (SSSR count). The molecule has 5 aromatic carbocycles.